The molecule has 128 valence electrons. The highest BCUT2D eigenvalue weighted by molar-refractivity contribution is 5.66. The van der Waals surface area contributed by atoms with Gasteiger partial charge in [0.15, 0.2) is 0 Å². The SMILES string of the molecule is CCCC=CCC=CCC(O)CCCCCCCCC(=O)O. The quantitative estimate of drug-likeness (QED) is 0.321. The lowest BCUT2D eigenvalue weighted by Crippen LogP contribution is -2.04. The number of carbonyl (C=O) groups is 1. The monoisotopic (exact) mass is 310 g/mol. The molecule has 0 aliphatic heterocycles. The minimum Gasteiger partial charge on any atom is -0.481 e. The zero-order chi connectivity index (χ0) is 16.5. The molecular weight excluding hydrogens is 276 g/mol. The van der Waals surface area contributed by atoms with Gasteiger partial charge in [-0.25, -0.2) is 0 Å². The Balaban J connectivity index is 3.33. The Morgan fingerprint density at radius 2 is 1.59 bits per heavy atom. The van der Waals surface area contributed by atoms with Gasteiger partial charge in [-0.2, -0.15) is 0 Å². The Hall–Kier alpha value is -1.09. The fourth-order valence-corrected chi connectivity index (χ4v) is 2.29. The van der Waals surface area contributed by atoms with Crippen molar-refractivity contribution in [3.05, 3.63) is 24.3 Å². The van der Waals surface area contributed by atoms with Gasteiger partial charge in [0.25, 0.3) is 0 Å². The third kappa shape index (κ3) is 17.0. The average Bonchev–Trinajstić information content (AvgIpc) is 2.48. The van der Waals surface area contributed by atoms with Gasteiger partial charge in [0.1, 0.15) is 0 Å². The smallest absolute Gasteiger partial charge is 0.303 e. The lowest BCUT2D eigenvalue weighted by molar-refractivity contribution is -0.137. The van der Waals surface area contributed by atoms with E-state index in [1.54, 1.807) is 0 Å². The summed E-state index contributed by atoms with van der Waals surface area (Å²) in [5, 5.41) is 18.4. The predicted molar refractivity (Wildman–Crippen MR) is 93.0 cm³/mol. The third-order valence-electron chi connectivity index (χ3n) is 3.65. The summed E-state index contributed by atoms with van der Waals surface area (Å²) in [6.07, 6.45) is 19.8. The van der Waals surface area contributed by atoms with E-state index in [0.717, 1.165) is 64.2 Å². The molecule has 0 aromatic rings. The molecule has 0 bridgehead atoms. The van der Waals surface area contributed by atoms with Crippen LogP contribution in [-0.4, -0.2) is 22.3 Å². The minimum absolute atomic E-state index is 0.220. The van der Waals surface area contributed by atoms with Crippen LogP contribution in [0.25, 0.3) is 0 Å². The molecule has 0 heterocycles. The first-order valence-electron chi connectivity index (χ1n) is 8.86. The van der Waals surface area contributed by atoms with Crippen molar-refractivity contribution in [2.45, 2.75) is 90.1 Å². The summed E-state index contributed by atoms with van der Waals surface area (Å²) in [4.78, 5) is 10.3. The van der Waals surface area contributed by atoms with Gasteiger partial charge in [0.05, 0.1) is 6.10 Å². The van der Waals surface area contributed by atoms with Crippen molar-refractivity contribution in [1.82, 2.24) is 0 Å². The molecule has 0 aromatic heterocycles. The van der Waals surface area contributed by atoms with E-state index in [1.165, 1.54) is 6.42 Å². The molecule has 0 aliphatic carbocycles. The molecule has 1 atom stereocenters. The maximum atomic E-state index is 10.3. The lowest BCUT2D eigenvalue weighted by atomic mass is 10.0. The molecule has 0 spiro atoms. The van der Waals surface area contributed by atoms with Crippen molar-refractivity contribution in [3.63, 3.8) is 0 Å². The fraction of sp³-hybridized carbons (Fsp3) is 0.737. The number of unbranched alkanes of at least 4 members (excludes halogenated alkanes) is 6. The number of hydrogen-bond acceptors (Lipinski definition) is 2. The Bertz CT molecular complexity index is 308. The summed E-state index contributed by atoms with van der Waals surface area (Å²) in [6.45, 7) is 2.17. The molecule has 3 heteroatoms. The third-order valence-corrected chi connectivity index (χ3v) is 3.65. The van der Waals surface area contributed by atoms with Crippen LogP contribution < -0.4 is 0 Å². The summed E-state index contributed by atoms with van der Waals surface area (Å²) in [7, 11) is 0. The Morgan fingerprint density at radius 1 is 0.955 bits per heavy atom. The second-order valence-corrected chi connectivity index (χ2v) is 5.91. The molecular formula is C19H34O3. The molecule has 22 heavy (non-hydrogen) atoms. The molecule has 3 nitrogen and oxygen atoms in total. The van der Waals surface area contributed by atoms with Crippen LogP contribution in [0.5, 0.6) is 0 Å². The molecule has 0 fully saturated rings. The standard InChI is InChI=1S/C19H34O3/c1-2-3-4-5-6-9-12-15-18(20)16-13-10-7-8-11-14-17-19(21)22/h4-5,9,12,18,20H,2-3,6-8,10-11,13-17H2,1H3,(H,21,22). The second kappa shape index (κ2) is 16.3. The number of carboxylic acids is 1. The first-order valence-corrected chi connectivity index (χ1v) is 8.86. The van der Waals surface area contributed by atoms with Gasteiger partial charge in [-0.15, -0.1) is 0 Å². The first-order chi connectivity index (χ1) is 10.7. The van der Waals surface area contributed by atoms with Gasteiger partial charge in [0, 0.05) is 6.42 Å². The van der Waals surface area contributed by atoms with E-state index in [-0.39, 0.29) is 6.10 Å². The van der Waals surface area contributed by atoms with Crippen LogP contribution in [0.15, 0.2) is 24.3 Å². The normalized spacial score (nSPS) is 13.2. The van der Waals surface area contributed by atoms with Gasteiger partial charge in [-0.1, -0.05) is 69.8 Å². The van der Waals surface area contributed by atoms with Crippen molar-refractivity contribution < 1.29 is 15.0 Å². The van der Waals surface area contributed by atoms with Gasteiger partial charge < -0.3 is 10.2 Å². The van der Waals surface area contributed by atoms with Crippen molar-refractivity contribution in [2.24, 2.45) is 0 Å². The van der Waals surface area contributed by atoms with Crippen molar-refractivity contribution in [2.75, 3.05) is 0 Å². The zero-order valence-corrected chi connectivity index (χ0v) is 14.2. The van der Waals surface area contributed by atoms with Crippen LogP contribution in [0, 0.1) is 0 Å². The molecule has 0 saturated carbocycles. The molecule has 1 unspecified atom stereocenters. The van der Waals surface area contributed by atoms with Crippen LogP contribution in [0.3, 0.4) is 0 Å². The summed E-state index contributed by atoms with van der Waals surface area (Å²) in [5.74, 6) is -0.697. The number of aliphatic hydroxyl groups is 1. The average molecular weight is 310 g/mol. The Morgan fingerprint density at radius 3 is 2.27 bits per heavy atom. The van der Waals surface area contributed by atoms with Crippen LogP contribution in [-0.2, 0) is 4.79 Å². The van der Waals surface area contributed by atoms with Crippen LogP contribution in [0.2, 0.25) is 0 Å². The second-order valence-electron chi connectivity index (χ2n) is 5.91. The largest absolute Gasteiger partial charge is 0.481 e. The maximum absolute atomic E-state index is 10.3. The number of carboxylic acid groups (broad SMARTS) is 1. The van der Waals surface area contributed by atoms with Crippen molar-refractivity contribution in [1.29, 1.82) is 0 Å². The van der Waals surface area contributed by atoms with Crippen molar-refractivity contribution >= 4 is 5.97 Å². The fourth-order valence-electron chi connectivity index (χ4n) is 2.29. The molecule has 0 amide bonds. The molecule has 2 N–H and O–H groups in total. The van der Waals surface area contributed by atoms with Gasteiger partial charge >= 0.3 is 5.97 Å². The van der Waals surface area contributed by atoms with E-state index in [2.05, 4.69) is 31.2 Å². The molecule has 0 saturated heterocycles. The van der Waals surface area contributed by atoms with Gasteiger partial charge in [-0.05, 0) is 32.1 Å². The molecule has 0 rings (SSSR count). The molecule has 0 aliphatic rings. The first kappa shape index (κ1) is 20.9. The van der Waals surface area contributed by atoms with E-state index in [0.29, 0.717) is 6.42 Å². The highest BCUT2D eigenvalue weighted by atomic mass is 16.4. The summed E-state index contributed by atoms with van der Waals surface area (Å²) in [6, 6.07) is 0. The topological polar surface area (TPSA) is 57.5 Å². The van der Waals surface area contributed by atoms with E-state index < -0.39 is 5.97 Å². The van der Waals surface area contributed by atoms with Crippen LogP contribution in [0.1, 0.15) is 84.0 Å². The van der Waals surface area contributed by atoms with Gasteiger partial charge in [-0.3, -0.25) is 4.79 Å². The lowest BCUT2D eigenvalue weighted by Gasteiger charge is -2.07. The highest BCUT2D eigenvalue weighted by Crippen LogP contribution is 2.11. The summed E-state index contributed by atoms with van der Waals surface area (Å²) < 4.78 is 0. The predicted octanol–water partition coefficient (Wildman–Crippen LogP) is 5.25. The zero-order valence-electron chi connectivity index (χ0n) is 14.2. The Kier molecular flexibility index (Phi) is 15.5. The van der Waals surface area contributed by atoms with Crippen LogP contribution >= 0.6 is 0 Å². The van der Waals surface area contributed by atoms with Gasteiger partial charge in [0.2, 0.25) is 0 Å². The van der Waals surface area contributed by atoms with E-state index >= 15 is 0 Å². The number of allylic oxidation sites excluding steroid dienone is 3. The molecule has 0 aromatic carbocycles. The highest BCUT2D eigenvalue weighted by Gasteiger charge is 2.01. The van der Waals surface area contributed by atoms with Crippen molar-refractivity contribution in [3.8, 4) is 0 Å². The summed E-state index contributed by atoms with van der Waals surface area (Å²) >= 11 is 0. The van der Waals surface area contributed by atoms with Crippen LogP contribution in [0.4, 0.5) is 0 Å². The minimum atomic E-state index is -0.697. The molecule has 0 radical (unpaired) electrons. The maximum Gasteiger partial charge on any atom is 0.303 e. The number of hydrogen-bond donors (Lipinski definition) is 2. The van der Waals surface area contributed by atoms with E-state index in [4.69, 9.17) is 5.11 Å². The van der Waals surface area contributed by atoms with E-state index in [1.807, 2.05) is 0 Å². The number of aliphatic hydroxyl groups excluding tert-OH is 1. The number of rotatable bonds is 15. The summed E-state index contributed by atoms with van der Waals surface area (Å²) in [5.41, 5.74) is 0. The van der Waals surface area contributed by atoms with E-state index in [9.17, 15) is 9.90 Å². The Labute approximate surface area is 136 Å². The number of aliphatic carboxylic acids is 1.